The maximum atomic E-state index is 10.7. The molecule has 66 valence electrons. The van der Waals surface area contributed by atoms with Gasteiger partial charge < -0.3 is 4.74 Å². The Labute approximate surface area is 71.1 Å². The molecule has 3 nitrogen and oxygen atoms in total. The molecule has 0 N–H and O–H groups in total. The Bertz CT molecular complexity index is 218. The van der Waals surface area contributed by atoms with Crippen LogP contribution < -0.4 is 0 Å². The maximum Gasteiger partial charge on any atom is 0.235 e. The molecule has 0 aliphatic heterocycles. The molecule has 0 aromatic carbocycles. The summed E-state index contributed by atoms with van der Waals surface area (Å²) in [5.74, 6) is 0. The predicted molar refractivity (Wildman–Crippen MR) is 43.2 cm³/mol. The monoisotopic (exact) mass is 198 g/mol. The van der Waals surface area contributed by atoms with E-state index >= 15 is 0 Å². The van der Waals surface area contributed by atoms with Gasteiger partial charge >= 0.3 is 0 Å². The Morgan fingerprint density at radius 3 is 2.45 bits per heavy atom. The molecule has 0 saturated heterocycles. The zero-order valence-corrected chi connectivity index (χ0v) is 7.86. The van der Waals surface area contributed by atoms with Crippen LogP contribution in [0.1, 0.15) is 19.8 Å². The first-order chi connectivity index (χ1) is 5.04. The molecule has 0 bridgehead atoms. The Kier molecular flexibility index (Phi) is 2.78. The summed E-state index contributed by atoms with van der Waals surface area (Å²) < 4.78 is 26.5. The fourth-order valence-corrected chi connectivity index (χ4v) is 2.44. The number of halogens is 1. The van der Waals surface area contributed by atoms with Crippen LogP contribution in [0.4, 0.5) is 0 Å². The van der Waals surface area contributed by atoms with E-state index < -0.39 is 9.05 Å². The topological polar surface area (TPSA) is 43.4 Å². The molecular formula is C6H11ClO3S. The van der Waals surface area contributed by atoms with Crippen molar-refractivity contribution in [2.24, 2.45) is 0 Å². The highest BCUT2D eigenvalue weighted by Gasteiger charge is 2.38. The molecular weight excluding hydrogens is 188 g/mol. The number of hydrogen-bond donors (Lipinski definition) is 0. The van der Waals surface area contributed by atoms with Gasteiger partial charge in [-0.05, 0) is 19.8 Å². The Hall–Kier alpha value is 0.200. The molecule has 0 aromatic heterocycles. The summed E-state index contributed by atoms with van der Waals surface area (Å²) in [5.41, 5.74) is 0. The molecule has 1 rings (SSSR count). The van der Waals surface area contributed by atoms with E-state index in [9.17, 15) is 8.42 Å². The molecule has 0 amide bonds. The van der Waals surface area contributed by atoms with Crippen LogP contribution in [-0.2, 0) is 13.8 Å². The van der Waals surface area contributed by atoms with Crippen molar-refractivity contribution < 1.29 is 13.2 Å². The van der Waals surface area contributed by atoms with Gasteiger partial charge in [0.1, 0.15) is 0 Å². The van der Waals surface area contributed by atoms with Gasteiger partial charge in [-0.15, -0.1) is 0 Å². The van der Waals surface area contributed by atoms with E-state index in [1.165, 1.54) is 0 Å². The SMILES string of the molecule is CCOC1CC(S(=O)(=O)Cl)C1. The third-order valence-electron chi connectivity index (χ3n) is 1.85. The fraction of sp³-hybridized carbons (Fsp3) is 1.00. The van der Waals surface area contributed by atoms with Crippen LogP contribution in [0.3, 0.4) is 0 Å². The van der Waals surface area contributed by atoms with E-state index in [-0.39, 0.29) is 11.4 Å². The predicted octanol–water partition coefficient (Wildman–Crippen LogP) is 1.12. The summed E-state index contributed by atoms with van der Waals surface area (Å²) in [7, 11) is 1.79. The average Bonchev–Trinajstić information content (AvgIpc) is 1.74. The summed E-state index contributed by atoms with van der Waals surface area (Å²) in [6.07, 6.45) is 1.22. The van der Waals surface area contributed by atoms with Crippen molar-refractivity contribution >= 4 is 19.7 Å². The largest absolute Gasteiger partial charge is 0.378 e. The van der Waals surface area contributed by atoms with Crippen molar-refractivity contribution in [3.63, 3.8) is 0 Å². The van der Waals surface area contributed by atoms with Gasteiger partial charge in [0.15, 0.2) is 0 Å². The molecule has 0 unspecified atom stereocenters. The van der Waals surface area contributed by atoms with E-state index in [1.807, 2.05) is 6.92 Å². The molecule has 0 atom stereocenters. The normalized spacial score (nSPS) is 31.5. The number of ether oxygens (including phenoxy) is 1. The summed E-state index contributed by atoms with van der Waals surface area (Å²) in [6.45, 7) is 2.53. The van der Waals surface area contributed by atoms with Crippen molar-refractivity contribution in [2.75, 3.05) is 6.61 Å². The van der Waals surface area contributed by atoms with Crippen LogP contribution in [0.5, 0.6) is 0 Å². The molecule has 1 aliphatic carbocycles. The lowest BCUT2D eigenvalue weighted by molar-refractivity contribution is 0.0126. The molecule has 1 aliphatic rings. The molecule has 1 fully saturated rings. The molecule has 0 radical (unpaired) electrons. The second-order valence-electron chi connectivity index (χ2n) is 2.65. The zero-order chi connectivity index (χ0) is 8.48. The first-order valence-corrected chi connectivity index (χ1v) is 5.96. The standard InChI is InChI=1S/C6H11ClO3S/c1-2-10-5-3-6(4-5)11(7,8)9/h5-6H,2-4H2,1H3. The van der Waals surface area contributed by atoms with Crippen LogP contribution >= 0.6 is 10.7 Å². The Morgan fingerprint density at radius 2 is 2.09 bits per heavy atom. The van der Waals surface area contributed by atoms with Gasteiger partial charge in [0.25, 0.3) is 0 Å². The van der Waals surface area contributed by atoms with E-state index in [0.29, 0.717) is 19.4 Å². The maximum absolute atomic E-state index is 10.7. The summed E-state index contributed by atoms with van der Waals surface area (Å²) >= 11 is 0. The van der Waals surface area contributed by atoms with Gasteiger partial charge in [0.05, 0.1) is 11.4 Å². The molecule has 0 heterocycles. The van der Waals surface area contributed by atoms with E-state index in [4.69, 9.17) is 15.4 Å². The smallest absolute Gasteiger partial charge is 0.235 e. The minimum Gasteiger partial charge on any atom is -0.378 e. The second kappa shape index (κ2) is 3.29. The summed E-state index contributed by atoms with van der Waals surface area (Å²) in [6, 6.07) is 0. The van der Waals surface area contributed by atoms with Gasteiger partial charge in [-0.2, -0.15) is 0 Å². The molecule has 0 spiro atoms. The van der Waals surface area contributed by atoms with Gasteiger partial charge in [0.2, 0.25) is 9.05 Å². The number of rotatable bonds is 3. The Balaban J connectivity index is 2.30. The van der Waals surface area contributed by atoms with Crippen LogP contribution in [-0.4, -0.2) is 26.4 Å². The molecule has 5 heteroatoms. The van der Waals surface area contributed by atoms with Gasteiger partial charge in [-0.3, -0.25) is 0 Å². The van der Waals surface area contributed by atoms with Crippen molar-refractivity contribution in [1.29, 1.82) is 0 Å². The lowest BCUT2D eigenvalue weighted by Gasteiger charge is -2.32. The zero-order valence-electron chi connectivity index (χ0n) is 6.29. The van der Waals surface area contributed by atoms with Crippen LogP contribution in [0.2, 0.25) is 0 Å². The van der Waals surface area contributed by atoms with E-state index in [1.54, 1.807) is 0 Å². The highest BCUT2D eigenvalue weighted by Crippen LogP contribution is 2.31. The van der Waals surface area contributed by atoms with Gasteiger partial charge in [-0.25, -0.2) is 8.42 Å². The van der Waals surface area contributed by atoms with Crippen molar-refractivity contribution in [1.82, 2.24) is 0 Å². The Morgan fingerprint density at radius 1 is 1.55 bits per heavy atom. The van der Waals surface area contributed by atoms with Crippen LogP contribution in [0.25, 0.3) is 0 Å². The fourth-order valence-electron chi connectivity index (χ4n) is 1.12. The lowest BCUT2D eigenvalue weighted by atomic mass is 9.95. The second-order valence-corrected chi connectivity index (χ2v) is 5.55. The third-order valence-corrected chi connectivity index (χ3v) is 3.79. The van der Waals surface area contributed by atoms with Gasteiger partial charge in [0, 0.05) is 17.3 Å². The highest BCUT2D eigenvalue weighted by molar-refractivity contribution is 8.14. The molecule has 11 heavy (non-hydrogen) atoms. The highest BCUT2D eigenvalue weighted by atomic mass is 35.7. The van der Waals surface area contributed by atoms with Crippen molar-refractivity contribution in [3.05, 3.63) is 0 Å². The molecule has 0 aromatic rings. The van der Waals surface area contributed by atoms with Crippen LogP contribution in [0, 0.1) is 0 Å². The average molecular weight is 199 g/mol. The van der Waals surface area contributed by atoms with Crippen molar-refractivity contribution in [2.45, 2.75) is 31.1 Å². The quantitative estimate of drug-likeness (QED) is 0.639. The van der Waals surface area contributed by atoms with Crippen LogP contribution in [0.15, 0.2) is 0 Å². The van der Waals surface area contributed by atoms with E-state index in [0.717, 1.165) is 0 Å². The number of hydrogen-bond acceptors (Lipinski definition) is 3. The minimum atomic E-state index is -3.33. The summed E-state index contributed by atoms with van der Waals surface area (Å²) in [4.78, 5) is 0. The van der Waals surface area contributed by atoms with Gasteiger partial charge in [-0.1, -0.05) is 0 Å². The third kappa shape index (κ3) is 2.32. The summed E-state index contributed by atoms with van der Waals surface area (Å²) in [5, 5.41) is -0.374. The minimum absolute atomic E-state index is 0.110. The van der Waals surface area contributed by atoms with Crippen molar-refractivity contribution in [3.8, 4) is 0 Å². The first kappa shape index (κ1) is 9.29. The molecule has 1 saturated carbocycles. The first-order valence-electron chi connectivity index (χ1n) is 3.59. The lowest BCUT2D eigenvalue weighted by Crippen LogP contribution is -2.39. The van der Waals surface area contributed by atoms with E-state index in [2.05, 4.69) is 0 Å².